The van der Waals surface area contributed by atoms with Crippen molar-refractivity contribution in [1.82, 2.24) is 30.5 Å². The third-order valence-corrected chi connectivity index (χ3v) is 15.9. The molecule has 0 fully saturated rings. The van der Waals surface area contributed by atoms with Gasteiger partial charge in [0.2, 0.25) is 23.6 Å². The molecular weight excluding hydrogens is 1100 g/mol. The lowest BCUT2D eigenvalue weighted by atomic mass is 9.76. The molecule has 21 nitrogen and oxygen atoms in total. The molecule has 0 aliphatic carbocycles. The molecule has 7 N–H and O–H groups in total. The SMILES string of the molecule is CN[C@H](C(=O)N[C@H](C(=O)N(C)[C@H](/C=C(\C)C(=O)NS(=O)(=O)c1ccc(NC(=O)[C@H](CCCCN)CC(=O)[C@H](Cc2ccccc2)NC(=O)CCOCCOCCOCCN2C(=O)C=CC2=O)cc1)C(C)C)C(C)(C)C)C(C)(C)c1ccccc1. The number of nitrogens with zero attached hydrogens (tertiary/aromatic N) is 2. The molecule has 0 saturated carbocycles. The van der Waals surface area contributed by atoms with Crippen LogP contribution in [0.3, 0.4) is 0 Å². The number of Topliss-reactive ketones (excluding diaryl/α,β-unsaturated/α-hetero) is 1. The lowest BCUT2D eigenvalue weighted by molar-refractivity contribution is -0.141. The lowest BCUT2D eigenvalue weighted by Gasteiger charge is -2.40. The fourth-order valence-corrected chi connectivity index (χ4v) is 10.5. The third-order valence-electron chi connectivity index (χ3n) is 14.5. The molecule has 460 valence electrons. The highest BCUT2D eigenvalue weighted by Gasteiger charge is 2.42. The van der Waals surface area contributed by atoms with Crippen LogP contribution >= 0.6 is 0 Å². The highest BCUT2D eigenvalue weighted by Crippen LogP contribution is 2.30. The number of hydrogen-bond acceptors (Lipinski definition) is 15. The summed E-state index contributed by atoms with van der Waals surface area (Å²) in [5.74, 6) is -4.83. The second-order valence-electron chi connectivity index (χ2n) is 22.8. The maximum Gasteiger partial charge on any atom is 0.264 e. The first-order chi connectivity index (χ1) is 39.7. The number of rotatable bonds is 36. The van der Waals surface area contributed by atoms with Gasteiger partial charge in [0.1, 0.15) is 6.04 Å². The minimum atomic E-state index is -4.46. The minimum absolute atomic E-state index is 0.0226. The van der Waals surface area contributed by atoms with Crippen molar-refractivity contribution in [2.75, 3.05) is 72.1 Å². The van der Waals surface area contributed by atoms with E-state index in [1.165, 1.54) is 54.3 Å². The van der Waals surface area contributed by atoms with E-state index < -0.39 is 74.6 Å². The molecule has 5 atom stereocenters. The average molecular weight is 1190 g/mol. The van der Waals surface area contributed by atoms with Gasteiger partial charge in [0.25, 0.3) is 27.7 Å². The molecule has 84 heavy (non-hydrogen) atoms. The number of sulfonamides is 1. The van der Waals surface area contributed by atoms with E-state index in [1.54, 1.807) is 14.1 Å². The molecule has 1 heterocycles. The summed E-state index contributed by atoms with van der Waals surface area (Å²) in [5, 5.41) is 11.8. The van der Waals surface area contributed by atoms with Crippen molar-refractivity contribution in [1.29, 1.82) is 0 Å². The van der Waals surface area contributed by atoms with Gasteiger partial charge in [-0.05, 0) is 86.5 Å². The number of hydrogen-bond donors (Lipinski definition) is 6. The van der Waals surface area contributed by atoms with Gasteiger partial charge in [0, 0.05) is 54.6 Å². The van der Waals surface area contributed by atoms with Gasteiger partial charge in [0.05, 0.1) is 69.2 Å². The molecule has 0 saturated heterocycles. The quantitative estimate of drug-likeness (QED) is 0.0260. The van der Waals surface area contributed by atoms with Crippen molar-refractivity contribution in [3.05, 3.63) is 120 Å². The van der Waals surface area contributed by atoms with Crippen LogP contribution in [-0.4, -0.2) is 156 Å². The second-order valence-corrected chi connectivity index (χ2v) is 24.5. The maximum atomic E-state index is 14.4. The van der Waals surface area contributed by atoms with Gasteiger partial charge in [-0.3, -0.25) is 43.3 Å². The standard InChI is InChI=1S/C62H88N8O13S/c1-42(2)50(69(10)60(78)56(61(4,5)6)67-59(77)55(64-9)62(7,8)46-22-15-12-16-23-46)39-43(3)57(75)68-84(79,80)48-26-24-47(25-27-48)65-58(76)45(21-17-18-31-63)41-51(71)49(40-44-19-13-11-14-20-44)66-52(72)30-33-81-35-37-83-38-36-82-34-32-70-53(73)28-29-54(70)74/h11-16,19-20,22-29,39,42,45,49-50,55-56,64H,17-18,21,30-38,40-41,63H2,1-10H3,(H,65,76)(H,66,72)(H,67,77)(H,68,75)/b43-39+/t45-,49+,50-,55-,56-/m1/s1. The Morgan fingerprint density at radius 3 is 1.87 bits per heavy atom. The van der Waals surface area contributed by atoms with Gasteiger partial charge in [-0.2, -0.15) is 0 Å². The fraction of sp³-hybridized carbons (Fsp3) is 0.516. The summed E-state index contributed by atoms with van der Waals surface area (Å²) < 4.78 is 45.9. The topological polar surface area (TPSA) is 291 Å². The number of nitrogens with two attached hydrogens (primary N) is 1. The van der Waals surface area contributed by atoms with Gasteiger partial charge in [-0.25, -0.2) is 13.1 Å². The summed E-state index contributed by atoms with van der Waals surface area (Å²) in [6.07, 6.45) is 5.27. The van der Waals surface area contributed by atoms with Crippen LogP contribution in [0.25, 0.3) is 0 Å². The molecule has 0 unspecified atom stereocenters. The van der Waals surface area contributed by atoms with Crippen LogP contribution in [-0.2, 0) is 74.4 Å². The molecular formula is C62H88N8O13S. The summed E-state index contributed by atoms with van der Waals surface area (Å²) in [4.78, 5) is 109. The number of unbranched alkanes of at least 4 members (excludes halogenated alkanes) is 1. The Morgan fingerprint density at radius 2 is 1.31 bits per heavy atom. The molecule has 0 aromatic heterocycles. The van der Waals surface area contributed by atoms with E-state index in [0.29, 0.717) is 25.8 Å². The highest BCUT2D eigenvalue weighted by molar-refractivity contribution is 7.90. The average Bonchev–Trinajstić information content (AvgIpc) is 3.49. The van der Waals surface area contributed by atoms with Gasteiger partial charge in [-0.1, -0.05) is 122 Å². The second kappa shape index (κ2) is 33.5. The van der Waals surface area contributed by atoms with Gasteiger partial charge >= 0.3 is 0 Å². The van der Waals surface area contributed by atoms with Crippen molar-refractivity contribution < 1.29 is 61.0 Å². The number of anilines is 1. The van der Waals surface area contributed by atoms with Gasteiger partial charge in [-0.15, -0.1) is 0 Å². The zero-order valence-corrected chi connectivity index (χ0v) is 51.2. The Labute approximate surface area is 495 Å². The van der Waals surface area contributed by atoms with Crippen molar-refractivity contribution in [3.8, 4) is 0 Å². The minimum Gasteiger partial charge on any atom is -0.379 e. The van der Waals surface area contributed by atoms with E-state index in [4.69, 9.17) is 19.9 Å². The number of carbonyl (C=O) groups is 8. The predicted molar refractivity (Wildman–Crippen MR) is 320 cm³/mol. The summed E-state index contributed by atoms with van der Waals surface area (Å²) in [6, 6.07) is 20.6. The number of ketones is 1. The number of ether oxygens (including phenoxy) is 3. The van der Waals surface area contributed by atoms with E-state index in [9.17, 15) is 46.8 Å². The highest BCUT2D eigenvalue weighted by atomic mass is 32.2. The van der Waals surface area contributed by atoms with Crippen LogP contribution in [0, 0.1) is 17.3 Å². The Kier molecular flexibility index (Phi) is 27.7. The van der Waals surface area contributed by atoms with Crippen molar-refractivity contribution >= 4 is 62.8 Å². The number of imide groups is 1. The van der Waals surface area contributed by atoms with E-state index in [-0.39, 0.29) is 111 Å². The molecule has 0 bridgehead atoms. The van der Waals surface area contributed by atoms with E-state index in [1.807, 2.05) is 109 Å². The summed E-state index contributed by atoms with van der Waals surface area (Å²) in [6.45, 7) is 16.3. The molecule has 0 spiro atoms. The van der Waals surface area contributed by atoms with E-state index in [0.717, 1.165) is 16.0 Å². The van der Waals surface area contributed by atoms with Gasteiger partial charge in [0.15, 0.2) is 5.78 Å². The zero-order chi connectivity index (χ0) is 62.2. The third kappa shape index (κ3) is 21.6. The van der Waals surface area contributed by atoms with Crippen LogP contribution in [0.15, 0.2) is 114 Å². The first-order valence-corrected chi connectivity index (χ1v) is 30.0. The van der Waals surface area contributed by atoms with Gasteiger partial charge < -0.3 is 46.1 Å². The van der Waals surface area contributed by atoms with E-state index in [2.05, 4.69) is 26.0 Å². The van der Waals surface area contributed by atoms with Crippen molar-refractivity contribution in [2.24, 2.45) is 23.0 Å². The van der Waals surface area contributed by atoms with Crippen molar-refractivity contribution in [3.63, 3.8) is 0 Å². The summed E-state index contributed by atoms with van der Waals surface area (Å²) in [5.41, 5.74) is 6.37. The van der Waals surface area contributed by atoms with Crippen LogP contribution in [0.5, 0.6) is 0 Å². The summed E-state index contributed by atoms with van der Waals surface area (Å²) >= 11 is 0. The molecule has 7 amide bonds. The molecule has 3 aromatic rings. The normalized spacial score (nSPS) is 14.8. The Morgan fingerprint density at radius 1 is 0.738 bits per heavy atom. The molecule has 1 aliphatic rings. The fourth-order valence-electron chi connectivity index (χ4n) is 9.51. The smallest absolute Gasteiger partial charge is 0.264 e. The monoisotopic (exact) mass is 1180 g/mol. The first kappa shape index (κ1) is 69.5. The number of nitrogens with one attached hydrogen (secondary N) is 5. The van der Waals surface area contributed by atoms with Crippen molar-refractivity contribution in [2.45, 2.75) is 128 Å². The van der Waals surface area contributed by atoms with E-state index >= 15 is 0 Å². The molecule has 3 aromatic carbocycles. The number of amides is 7. The number of carbonyl (C=O) groups excluding carboxylic acids is 8. The van der Waals surface area contributed by atoms with Crippen LogP contribution < -0.4 is 31.7 Å². The van der Waals surface area contributed by atoms with Crippen LogP contribution in [0.1, 0.15) is 98.6 Å². The molecule has 22 heteroatoms. The molecule has 1 aliphatic heterocycles. The van der Waals surface area contributed by atoms with Crippen LogP contribution in [0.2, 0.25) is 0 Å². The Balaban J connectivity index is 1.36. The Hall–Kier alpha value is -6.95. The predicted octanol–water partition coefficient (Wildman–Crippen LogP) is 4.75. The molecule has 0 radical (unpaired) electrons. The lowest BCUT2D eigenvalue weighted by Crippen LogP contribution is -2.61. The maximum absolute atomic E-state index is 14.4. The zero-order valence-electron chi connectivity index (χ0n) is 50.4. The summed E-state index contributed by atoms with van der Waals surface area (Å²) in [7, 11) is -1.18. The first-order valence-electron chi connectivity index (χ1n) is 28.5. The number of likely N-dealkylation sites (N-methyl/N-ethyl adjacent to an activating group) is 2. The Bertz CT molecular complexity index is 2840. The molecule has 4 rings (SSSR count). The van der Waals surface area contributed by atoms with Crippen LogP contribution in [0.4, 0.5) is 5.69 Å². The largest absolute Gasteiger partial charge is 0.379 e. The number of benzene rings is 3.